The van der Waals surface area contributed by atoms with Crippen LogP contribution in [0.1, 0.15) is 39.3 Å². The van der Waals surface area contributed by atoms with E-state index in [4.69, 9.17) is 4.74 Å². The van der Waals surface area contributed by atoms with Crippen LogP contribution in [0.2, 0.25) is 0 Å². The van der Waals surface area contributed by atoms with Crippen molar-refractivity contribution in [2.24, 2.45) is 5.41 Å². The van der Waals surface area contributed by atoms with E-state index < -0.39 is 25.8 Å². The second-order valence-corrected chi connectivity index (χ2v) is 10.3. The quantitative estimate of drug-likeness (QED) is 0.730. The Morgan fingerprint density at radius 1 is 1.21 bits per heavy atom. The van der Waals surface area contributed by atoms with Gasteiger partial charge in [0.1, 0.15) is 5.60 Å². The summed E-state index contributed by atoms with van der Waals surface area (Å²) in [5, 5.41) is 0. The highest BCUT2D eigenvalue weighted by molar-refractivity contribution is 7.92. The first-order valence-electron chi connectivity index (χ1n) is 8.66. The summed E-state index contributed by atoms with van der Waals surface area (Å²) in [7, 11) is -5.39. The Bertz CT molecular complexity index is 900. The first-order valence-corrected chi connectivity index (χ1v) is 10.1. The molecular formula is C18H21F3N2O4S. The molecule has 0 unspecified atom stereocenters. The number of carbonyl (C=O) groups excluding carboxylic acids is 1. The molecular weight excluding hydrogens is 397 g/mol. The van der Waals surface area contributed by atoms with Gasteiger partial charge in [0.2, 0.25) is 0 Å². The number of allylic oxidation sites excluding steroid dienone is 1. The average molecular weight is 418 g/mol. The van der Waals surface area contributed by atoms with Gasteiger partial charge in [-0.2, -0.15) is 13.2 Å². The molecule has 154 valence electrons. The van der Waals surface area contributed by atoms with Gasteiger partial charge in [-0.1, -0.05) is 5.57 Å². The third kappa shape index (κ3) is 4.01. The Labute approximate surface area is 161 Å². The first-order chi connectivity index (χ1) is 12.7. The number of ether oxygens (including phenoxy) is 1. The summed E-state index contributed by atoms with van der Waals surface area (Å²) in [4.78, 5) is 16.6. The number of carbonyl (C=O) groups is 1. The molecule has 2 fully saturated rings. The Balaban J connectivity index is 1.57. The fraction of sp³-hybridized carbons (Fsp3) is 0.556. The van der Waals surface area contributed by atoms with E-state index in [0.717, 1.165) is 30.7 Å². The maximum Gasteiger partial charge on any atom is 0.501 e. The lowest BCUT2D eigenvalue weighted by Crippen LogP contribution is -2.62. The van der Waals surface area contributed by atoms with Crippen LogP contribution in [0.25, 0.3) is 6.08 Å². The molecule has 1 aliphatic carbocycles. The Morgan fingerprint density at radius 3 is 2.29 bits per heavy atom. The Morgan fingerprint density at radius 2 is 1.82 bits per heavy atom. The van der Waals surface area contributed by atoms with E-state index in [2.05, 4.69) is 4.98 Å². The van der Waals surface area contributed by atoms with Crippen LogP contribution in [0.3, 0.4) is 0 Å². The number of nitrogens with zero attached hydrogens (tertiary/aromatic N) is 2. The number of hydrogen-bond acceptors (Lipinski definition) is 5. The Hall–Kier alpha value is -2.10. The van der Waals surface area contributed by atoms with Crippen LogP contribution < -0.4 is 0 Å². The lowest BCUT2D eigenvalue weighted by atomic mass is 9.60. The normalized spacial score (nSPS) is 19.1. The molecule has 1 saturated heterocycles. The molecule has 0 N–H and O–H groups in total. The third-order valence-electron chi connectivity index (χ3n) is 4.63. The van der Waals surface area contributed by atoms with Crippen LogP contribution in [0.4, 0.5) is 18.0 Å². The van der Waals surface area contributed by atoms with Crippen molar-refractivity contribution < 1.29 is 31.1 Å². The molecule has 0 bridgehead atoms. The smallest absolute Gasteiger partial charge is 0.444 e. The summed E-state index contributed by atoms with van der Waals surface area (Å²) in [6.45, 7) is 6.64. The van der Waals surface area contributed by atoms with Crippen molar-refractivity contribution >= 4 is 22.0 Å². The molecule has 1 aliphatic heterocycles. The maximum atomic E-state index is 12.5. The third-order valence-corrected chi connectivity index (χ3v) is 6.11. The molecule has 3 rings (SSSR count). The number of aromatic nitrogens is 1. The molecule has 1 saturated carbocycles. The molecule has 6 nitrogen and oxygen atoms in total. The number of sulfone groups is 1. The fourth-order valence-corrected chi connectivity index (χ4v) is 4.14. The summed E-state index contributed by atoms with van der Waals surface area (Å²) in [6.07, 6.45) is 3.65. The molecule has 1 aromatic rings. The van der Waals surface area contributed by atoms with Crippen LogP contribution in [0, 0.1) is 5.41 Å². The molecule has 10 heteroatoms. The van der Waals surface area contributed by atoms with Crippen LogP contribution in [-0.2, 0) is 14.6 Å². The largest absolute Gasteiger partial charge is 0.501 e. The molecule has 0 radical (unpaired) electrons. The number of pyridine rings is 1. The molecule has 1 spiro atoms. The van der Waals surface area contributed by atoms with Gasteiger partial charge in [-0.15, -0.1) is 0 Å². The van der Waals surface area contributed by atoms with Gasteiger partial charge in [-0.25, -0.2) is 13.2 Å². The van der Waals surface area contributed by atoms with Crippen LogP contribution in [-0.4, -0.2) is 48.6 Å². The van der Waals surface area contributed by atoms with Crippen molar-refractivity contribution in [1.82, 2.24) is 9.88 Å². The van der Waals surface area contributed by atoms with Crippen molar-refractivity contribution in [3.8, 4) is 0 Å². The van der Waals surface area contributed by atoms with Gasteiger partial charge in [-0.3, -0.25) is 4.98 Å². The second-order valence-electron chi connectivity index (χ2n) is 8.36. The standard InChI is InChI=1S/C18H21F3N2O4S/c1-16(2,3)27-15(24)23-10-17(11-23)7-12(8-17)6-13-4-5-14(9-22-13)28(25,26)18(19,20)21/h4-6,9H,7-8,10-11H2,1-3H3. The fourth-order valence-electron chi connectivity index (χ4n) is 3.44. The van der Waals surface area contributed by atoms with E-state index in [1.807, 2.05) is 20.8 Å². The van der Waals surface area contributed by atoms with E-state index in [-0.39, 0.29) is 11.5 Å². The van der Waals surface area contributed by atoms with E-state index in [9.17, 15) is 26.4 Å². The molecule has 2 heterocycles. The highest BCUT2D eigenvalue weighted by Crippen LogP contribution is 2.52. The summed E-state index contributed by atoms with van der Waals surface area (Å²) in [6, 6.07) is 2.16. The molecule has 1 aromatic heterocycles. The van der Waals surface area contributed by atoms with Crippen LogP contribution in [0.5, 0.6) is 0 Å². The summed E-state index contributed by atoms with van der Waals surface area (Å²) in [5.41, 5.74) is -4.40. The molecule has 1 amide bonds. The topological polar surface area (TPSA) is 76.6 Å². The number of alkyl halides is 3. The summed E-state index contributed by atoms with van der Waals surface area (Å²) < 4.78 is 65.6. The second kappa shape index (κ2) is 6.47. The number of rotatable bonds is 2. The van der Waals surface area contributed by atoms with Crippen molar-refractivity contribution in [2.45, 2.75) is 49.6 Å². The summed E-state index contributed by atoms with van der Waals surface area (Å²) in [5.74, 6) is 0. The van der Waals surface area contributed by atoms with Crippen LogP contribution in [0.15, 0.2) is 28.8 Å². The zero-order chi connectivity index (χ0) is 21.0. The van der Waals surface area contributed by atoms with Crippen molar-refractivity contribution in [1.29, 1.82) is 0 Å². The number of likely N-dealkylation sites (tertiary alicyclic amines) is 1. The highest BCUT2D eigenvalue weighted by atomic mass is 32.2. The van der Waals surface area contributed by atoms with Gasteiger partial charge in [0.05, 0.1) is 10.6 Å². The predicted octanol–water partition coefficient (Wildman–Crippen LogP) is 3.79. The summed E-state index contributed by atoms with van der Waals surface area (Å²) >= 11 is 0. The predicted molar refractivity (Wildman–Crippen MR) is 94.9 cm³/mol. The van der Waals surface area contributed by atoms with Gasteiger partial charge >= 0.3 is 11.6 Å². The van der Waals surface area contributed by atoms with Crippen molar-refractivity contribution in [2.75, 3.05) is 13.1 Å². The van der Waals surface area contributed by atoms with E-state index >= 15 is 0 Å². The van der Waals surface area contributed by atoms with E-state index in [0.29, 0.717) is 18.8 Å². The molecule has 0 aromatic carbocycles. The zero-order valence-corrected chi connectivity index (χ0v) is 16.5. The van der Waals surface area contributed by atoms with Gasteiger partial charge in [0.25, 0.3) is 9.84 Å². The lowest BCUT2D eigenvalue weighted by Gasteiger charge is -2.56. The lowest BCUT2D eigenvalue weighted by molar-refractivity contribution is -0.0499. The minimum absolute atomic E-state index is 0.0301. The SMILES string of the molecule is CC(C)(C)OC(=O)N1CC2(CC(=Cc3ccc(S(=O)(=O)C(F)(F)F)cn3)C2)C1. The first kappa shape index (κ1) is 20.6. The zero-order valence-electron chi connectivity index (χ0n) is 15.7. The number of hydrogen-bond donors (Lipinski definition) is 0. The average Bonchev–Trinajstić information content (AvgIpc) is 2.45. The van der Waals surface area contributed by atoms with Gasteiger partial charge in [0.15, 0.2) is 0 Å². The van der Waals surface area contributed by atoms with E-state index in [1.54, 1.807) is 11.0 Å². The maximum absolute atomic E-state index is 12.5. The van der Waals surface area contributed by atoms with E-state index in [1.165, 1.54) is 6.07 Å². The van der Waals surface area contributed by atoms with Gasteiger partial charge in [0, 0.05) is 24.7 Å². The van der Waals surface area contributed by atoms with Gasteiger partial charge in [-0.05, 0) is 51.8 Å². The molecule has 0 atom stereocenters. The minimum Gasteiger partial charge on any atom is -0.444 e. The number of halogens is 3. The van der Waals surface area contributed by atoms with Crippen molar-refractivity contribution in [3.05, 3.63) is 29.6 Å². The van der Waals surface area contributed by atoms with Gasteiger partial charge < -0.3 is 9.64 Å². The molecule has 28 heavy (non-hydrogen) atoms. The Kier molecular flexibility index (Phi) is 4.76. The molecule has 2 aliphatic rings. The monoisotopic (exact) mass is 418 g/mol. The minimum atomic E-state index is -5.39. The van der Waals surface area contributed by atoms with Crippen molar-refractivity contribution in [3.63, 3.8) is 0 Å². The van der Waals surface area contributed by atoms with Crippen LogP contribution >= 0.6 is 0 Å². The number of amides is 1. The highest BCUT2D eigenvalue weighted by Gasteiger charge is 2.52.